The Morgan fingerprint density at radius 2 is 2.55 bits per heavy atom. The first-order valence-corrected chi connectivity index (χ1v) is 7.28. The molecule has 1 saturated heterocycles. The third kappa shape index (κ3) is 3.98. The number of hydrogen-bond acceptors (Lipinski definition) is 6. The zero-order valence-corrected chi connectivity index (χ0v) is 12.4. The summed E-state index contributed by atoms with van der Waals surface area (Å²) >= 11 is 3.57. The number of rotatable bonds is 6. The predicted molar refractivity (Wildman–Crippen MR) is 74.8 cm³/mol. The van der Waals surface area contributed by atoms with Gasteiger partial charge in [0.15, 0.2) is 0 Å². The highest BCUT2D eigenvalue weighted by Crippen LogP contribution is 2.16. The van der Waals surface area contributed by atoms with Gasteiger partial charge in [-0.25, -0.2) is 4.57 Å². The summed E-state index contributed by atoms with van der Waals surface area (Å²) in [5.74, 6) is -0.261. The Morgan fingerprint density at radius 3 is 3.25 bits per heavy atom. The number of aromatic nitrogens is 2. The SMILES string of the molecule is O=[N+]([O-])c1nccn1CC(O)CNC1COCCC1Br. The Labute approximate surface area is 124 Å². The van der Waals surface area contributed by atoms with Crippen LogP contribution in [0.3, 0.4) is 0 Å². The molecule has 9 heteroatoms. The monoisotopic (exact) mass is 348 g/mol. The fourth-order valence-electron chi connectivity index (χ4n) is 2.09. The molecule has 2 heterocycles. The van der Waals surface area contributed by atoms with Crippen molar-refractivity contribution in [1.82, 2.24) is 14.9 Å². The molecule has 0 amide bonds. The summed E-state index contributed by atoms with van der Waals surface area (Å²) in [6.45, 7) is 1.79. The molecule has 0 bridgehead atoms. The fraction of sp³-hybridized carbons (Fsp3) is 0.727. The minimum atomic E-state index is -0.732. The Hall–Kier alpha value is -1.03. The average Bonchev–Trinajstić information content (AvgIpc) is 2.86. The van der Waals surface area contributed by atoms with E-state index >= 15 is 0 Å². The van der Waals surface area contributed by atoms with Crippen molar-refractivity contribution in [3.8, 4) is 0 Å². The number of alkyl halides is 1. The second-order valence-corrected chi connectivity index (χ2v) is 5.86. The van der Waals surface area contributed by atoms with Crippen molar-refractivity contribution in [1.29, 1.82) is 0 Å². The van der Waals surface area contributed by atoms with Gasteiger partial charge >= 0.3 is 5.95 Å². The summed E-state index contributed by atoms with van der Waals surface area (Å²) in [7, 11) is 0. The van der Waals surface area contributed by atoms with E-state index in [0.29, 0.717) is 18.0 Å². The van der Waals surface area contributed by atoms with Gasteiger partial charge in [0.1, 0.15) is 12.4 Å². The number of nitro groups is 1. The molecule has 3 unspecified atom stereocenters. The van der Waals surface area contributed by atoms with Crippen molar-refractivity contribution in [2.24, 2.45) is 0 Å². The lowest BCUT2D eigenvalue weighted by Crippen LogP contribution is -2.47. The van der Waals surface area contributed by atoms with E-state index < -0.39 is 11.0 Å². The van der Waals surface area contributed by atoms with Gasteiger partial charge in [0, 0.05) is 24.0 Å². The van der Waals surface area contributed by atoms with Crippen molar-refractivity contribution in [3.63, 3.8) is 0 Å². The van der Waals surface area contributed by atoms with Crippen LogP contribution >= 0.6 is 15.9 Å². The van der Waals surface area contributed by atoms with Gasteiger partial charge in [-0.3, -0.25) is 0 Å². The molecule has 1 aliphatic rings. The van der Waals surface area contributed by atoms with E-state index in [4.69, 9.17) is 4.74 Å². The quantitative estimate of drug-likeness (QED) is 0.435. The van der Waals surface area contributed by atoms with Crippen LogP contribution in [0.5, 0.6) is 0 Å². The fourth-order valence-corrected chi connectivity index (χ4v) is 2.62. The minimum Gasteiger partial charge on any atom is -0.390 e. The lowest BCUT2D eigenvalue weighted by molar-refractivity contribution is -0.397. The molecule has 3 atom stereocenters. The van der Waals surface area contributed by atoms with Crippen LogP contribution in [0.25, 0.3) is 0 Å². The van der Waals surface area contributed by atoms with E-state index in [1.54, 1.807) is 0 Å². The van der Waals surface area contributed by atoms with Gasteiger partial charge in [-0.1, -0.05) is 20.9 Å². The Bertz CT molecular complexity index is 455. The van der Waals surface area contributed by atoms with Crippen LogP contribution in [0.1, 0.15) is 6.42 Å². The number of aliphatic hydroxyl groups is 1. The highest BCUT2D eigenvalue weighted by atomic mass is 79.9. The Morgan fingerprint density at radius 1 is 1.75 bits per heavy atom. The molecule has 0 saturated carbocycles. The molecule has 2 rings (SSSR count). The van der Waals surface area contributed by atoms with Crippen LogP contribution in [0.4, 0.5) is 5.95 Å². The number of halogens is 1. The van der Waals surface area contributed by atoms with E-state index in [9.17, 15) is 15.2 Å². The Balaban J connectivity index is 1.81. The third-order valence-corrected chi connectivity index (χ3v) is 4.25. The summed E-state index contributed by atoms with van der Waals surface area (Å²) in [5, 5.41) is 23.9. The molecule has 0 aromatic carbocycles. The Kier molecular flexibility index (Phi) is 5.46. The number of hydrogen-bond donors (Lipinski definition) is 2. The lowest BCUT2D eigenvalue weighted by Gasteiger charge is -2.29. The van der Waals surface area contributed by atoms with Gasteiger partial charge in [0.05, 0.1) is 19.3 Å². The zero-order valence-electron chi connectivity index (χ0n) is 10.8. The van der Waals surface area contributed by atoms with Crippen LogP contribution in [-0.2, 0) is 11.3 Å². The van der Waals surface area contributed by atoms with Gasteiger partial charge < -0.3 is 25.3 Å². The number of ether oxygens (including phenoxy) is 1. The summed E-state index contributed by atoms with van der Waals surface area (Å²) in [6, 6.07) is 0.135. The number of imidazole rings is 1. The molecular weight excluding hydrogens is 332 g/mol. The molecule has 1 aliphatic heterocycles. The highest BCUT2D eigenvalue weighted by molar-refractivity contribution is 9.09. The molecule has 8 nitrogen and oxygen atoms in total. The van der Waals surface area contributed by atoms with Crippen molar-refractivity contribution in [3.05, 3.63) is 22.5 Å². The largest absolute Gasteiger partial charge is 0.434 e. The maximum absolute atomic E-state index is 10.7. The van der Waals surface area contributed by atoms with Crippen molar-refractivity contribution >= 4 is 21.9 Å². The first-order chi connectivity index (χ1) is 9.58. The van der Waals surface area contributed by atoms with Crippen molar-refractivity contribution < 1.29 is 14.8 Å². The molecule has 0 radical (unpaired) electrons. The van der Waals surface area contributed by atoms with Crippen LogP contribution in [0.15, 0.2) is 12.4 Å². The van der Waals surface area contributed by atoms with Crippen molar-refractivity contribution in [2.45, 2.75) is 29.9 Å². The molecular formula is C11H17BrN4O4. The smallest absolute Gasteiger partial charge is 0.390 e. The standard InChI is InChI=1S/C11H17BrN4O4/c12-9-1-4-20-7-10(9)14-5-8(17)6-15-3-2-13-11(15)16(18)19/h2-3,8-10,14,17H,1,4-7H2. The highest BCUT2D eigenvalue weighted by Gasteiger charge is 2.24. The minimum absolute atomic E-state index is 0.129. The maximum Gasteiger partial charge on any atom is 0.434 e. The van der Waals surface area contributed by atoms with Crippen LogP contribution < -0.4 is 5.32 Å². The molecule has 0 aliphatic carbocycles. The normalized spacial score (nSPS) is 24.5. The first-order valence-electron chi connectivity index (χ1n) is 6.36. The first kappa shape index (κ1) is 15.4. The van der Waals surface area contributed by atoms with Gasteiger partial charge in [-0.15, -0.1) is 0 Å². The third-order valence-electron chi connectivity index (χ3n) is 3.15. The van der Waals surface area contributed by atoms with Crippen LogP contribution in [0, 0.1) is 10.1 Å². The van der Waals surface area contributed by atoms with E-state index in [1.165, 1.54) is 17.0 Å². The molecule has 1 aromatic rings. The number of nitrogens with zero attached hydrogens (tertiary/aromatic N) is 3. The predicted octanol–water partition coefficient (Wildman–Crippen LogP) is 0.294. The van der Waals surface area contributed by atoms with Gasteiger partial charge in [-0.2, -0.15) is 0 Å². The van der Waals surface area contributed by atoms with Gasteiger partial charge in [0.25, 0.3) is 0 Å². The summed E-state index contributed by atoms with van der Waals surface area (Å²) < 4.78 is 6.69. The summed E-state index contributed by atoms with van der Waals surface area (Å²) in [5.41, 5.74) is 0. The topological polar surface area (TPSA) is 102 Å². The van der Waals surface area contributed by atoms with E-state index in [1.807, 2.05) is 0 Å². The maximum atomic E-state index is 10.7. The second kappa shape index (κ2) is 7.11. The van der Waals surface area contributed by atoms with Gasteiger partial charge in [0.2, 0.25) is 0 Å². The second-order valence-electron chi connectivity index (χ2n) is 4.68. The van der Waals surface area contributed by atoms with Crippen LogP contribution in [0.2, 0.25) is 0 Å². The summed E-state index contributed by atoms with van der Waals surface area (Å²) in [4.78, 5) is 14.1. The van der Waals surface area contributed by atoms with Crippen molar-refractivity contribution in [2.75, 3.05) is 19.8 Å². The molecule has 1 fully saturated rings. The average molecular weight is 349 g/mol. The summed E-state index contributed by atoms with van der Waals surface area (Å²) in [6.07, 6.45) is 3.02. The van der Waals surface area contributed by atoms with E-state index in [0.717, 1.165) is 13.0 Å². The van der Waals surface area contributed by atoms with E-state index in [2.05, 4.69) is 26.2 Å². The molecule has 0 spiro atoms. The molecule has 1 aromatic heterocycles. The van der Waals surface area contributed by atoms with E-state index in [-0.39, 0.29) is 18.5 Å². The van der Waals surface area contributed by atoms with Crippen LogP contribution in [-0.4, -0.2) is 56.3 Å². The lowest BCUT2D eigenvalue weighted by atomic mass is 10.1. The molecule has 2 N–H and O–H groups in total. The molecule has 112 valence electrons. The number of nitrogens with one attached hydrogen (secondary N) is 1. The van der Waals surface area contributed by atoms with Gasteiger partial charge in [-0.05, 0) is 11.3 Å². The molecule has 20 heavy (non-hydrogen) atoms. The zero-order chi connectivity index (χ0) is 14.5. The number of aliphatic hydroxyl groups excluding tert-OH is 1.